The molecule has 1 unspecified atom stereocenters. The Bertz CT molecular complexity index is 331. The van der Waals surface area contributed by atoms with Crippen LogP contribution in [-0.4, -0.2) is 20.2 Å². The Morgan fingerprint density at radius 2 is 2.06 bits per heavy atom. The fourth-order valence-electron chi connectivity index (χ4n) is 1.40. The lowest BCUT2D eigenvalue weighted by molar-refractivity contribution is 0.282. The van der Waals surface area contributed by atoms with E-state index in [2.05, 4.69) is 12.2 Å². The first-order valence-corrected chi connectivity index (χ1v) is 6.11. The number of nitrogens with one attached hydrogen (secondary N) is 1. The van der Waals surface area contributed by atoms with Gasteiger partial charge in [0.2, 0.25) is 0 Å². The van der Waals surface area contributed by atoms with Gasteiger partial charge in [-0.2, -0.15) is 0 Å². The lowest BCUT2D eigenvalue weighted by Gasteiger charge is -2.11. The van der Waals surface area contributed by atoms with Crippen molar-refractivity contribution in [1.29, 1.82) is 0 Å². The molecule has 0 amide bonds. The first kappa shape index (κ1) is 13.6. The Morgan fingerprint density at radius 3 is 2.69 bits per heavy atom. The molecule has 16 heavy (non-hydrogen) atoms. The van der Waals surface area contributed by atoms with Crippen molar-refractivity contribution in [2.75, 3.05) is 20.2 Å². The normalized spacial score (nSPS) is 12.5. The molecule has 0 saturated carbocycles. The van der Waals surface area contributed by atoms with E-state index in [1.54, 1.807) is 12.1 Å². The summed E-state index contributed by atoms with van der Waals surface area (Å²) in [5.74, 6) is 1.37. The van der Waals surface area contributed by atoms with Crippen LogP contribution in [0, 0.1) is 5.92 Å². The molecule has 0 aliphatic rings. The fraction of sp³-hybridized carbons (Fsp3) is 0.500. The lowest BCUT2D eigenvalue weighted by atomic mass is 10.1. The molecule has 0 aliphatic heterocycles. The minimum Gasteiger partial charge on any atom is -0.494 e. The van der Waals surface area contributed by atoms with Crippen molar-refractivity contribution in [2.45, 2.75) is 13.3 Å². The topological polar surface area (TPSA) is 21.3 Å². The van der Waals surface area contributed by atoms with Gasteiger partial charge in [-0.15, -0.1) is 0 Å². The fourth-order valence-corrected chi connectivity index (χ4v) is 1.68. The molecule has 0 aliphatic carbocycles. The van der Waals surface area contributed by atoms with Crippen molar-refractivity contribution >= 4 is 23.2 Å². The Labute approximate surface area is 107 Å². The molecular weight excluding hydrogens is 245 g/mol. The van der Waals surface area contributed by atoms with E-state index < -0.39 is 0 Å². The molecule has 1 N–H and O–H groups in total. The SMILES string of the molecule is CNCC(C)CCOc1ccc(Cl)c(Cl)c1. The average molecular weight is 262 g/mol. The molecule has 1 aromatic rings. The molecule has 0 radical (unpaired) electrons. The zero-order valence-corrected chi connectivity index (χ0v) is 11.1. The van der Waals surface area contributed by atoms with Crippen LogP contribution in [0.1, 0.15) is 13.3 Å². The standard InChI is InChI=1S/C12H17Cl2NO/c1-9(8-15-2)5-6-16-10-3-4-11(13)12(14)7-10/h3-4,7,9,15H,5-6,8H2,1-2H3. The Hall–Kier alpha value is -0.440. The highest BCUT2D eigenvalue weighted by Crippen LogP contribution is 2.26. The molecule has 0 bridgehead atoms. The summed E-state index contributed by atoms with van der Waals surface area (Å²) in [7, 11) is 1.95. The van der Waals surface area contributed by atoms with Crippen LogP contribution in [0.2, 0.25) is 10.0 Å². The predicted octanol–water partition coefficient (Wildman–Crippen LogP) is 3.62. The van der Waals surface area contributed by atoms with Crippen LogP contribution in [0.15, 0.2) is 18.2 Å². The molecule has 0 fully saturated rings. The third-order valence-electron chi connectivity index (χ3n) is 2.32. The molecule has 0 heterocycles. The van der Waals surface area contributed by atoms with Crippen molar-refractivity contribution in [3.63, 3.8) is 0 Å². The van der Waals surface area contributed by atoms with Crippen LogP contribution in [0.25, 0.3) is 0 Å². The maximum Gasteiger partial charge on any atom is 0.120 e. The smallest absolute Gasteiger partial charge is 0.120 e. The van der Waals surface area contributed by atoms with Crippen LogP contribution in [0.3, 0.4) is 0 Å². The van der Waals surface area contributed by atoms with Gasteiger partial charge in [0.15, 0.2) is 0 Å². The van der Waals surface area contributed by atoms with Crippen molar-refractivity contribution < 1.29 is 4.74 Å². The molecule has 90 valence electrons. The number of rotatable bonds is 6. The number of ether oxygens (including phenoxy) is 1. The van der Waals surface area contributed by atoms with Crippen LogP contribution >= 0.6 is 23.2 Å². The number of hydrogen-bond donors (Lipinski definition) is 1. The van der Waals surface area contributed by atoms with Gasteiger partial charge in [0.1, 0.15) is 5.75 Å². The second kappa shape index (κ2) is 7.00. The molecule has 4 heteroatoms. The van der Waals surface area contributed by atoms with Crippen molar-refractivity contribution in [3.8, 4) is 5.75 Å². The van der Waals surface area contributed by atoms with Crippen molar-refractivity contribution in [1.82, 2.24) is 5.32 Å². The highest BCUT2D eigenvalue weighted by Gasteiger charge is 2.03. The first-order chi connectivity index (χ1) is 7.63. The predicted molar refractivity (Wildman–Crippen MR) is 69.7 cm³/mol. The summed E-state index contributed by atoms with van der Waals surface area (Å²) in [5.41, 5.74) is 0. The number of halogens is 2. The van der Waals surface area contributed by atoms with E-state index >= 15 is 0 Å². The van der Waals surface area contributed by atoms with Gasteiger partial charge in [-0.1, -0.05) is 30.1 Å². The van der Waals surface area contributed by atoms with Gasteiger partial charge in [0.05, 0.1) is 16.7 Å². The summed E-state index contributed by atoms with van der Waals surface area (Å²) >= 11 is 11.7. The second-order valence-electron chi connectivity index (χ2n) is 3.88. The van der Waals surface area contributed by atoms with E-state index in [0.717, 1.165) is 18.7 Å². The van der Waals surface area contributed by atoms with Crippen LogP contribution in [0.5, 0.6) is 5.75 Å². The highest BCUT2D eigenvalue weighted by atomic mass is 35.5. The summed E-state index contributed by atoms with van der Waals surface area (Å²) in [6.45, 7) is 3.89. The van der Waals surface area contributed by atoms with Crippen LogP contribution in [-0.2, 0) is 0 Å². The van der Waals surface area contributed by atoms with Gasteiger partial charge >= 0.3 is 0 Å². The van der Waals surface area contributed by atoms with Crippen LogP contribution in [0.4, 0.5) is 0 Å². The minimum absolute atomic E-state index is 0.530. The van der Waals surface area contributed by atoms with Crippen molar-refractivity contribution in [3.05, 3.63) is 28.2 Å². The van der Waals surface area contributed by atoms with Crippen molar-refractivity contribution in [2.24, 2.45) is 5.92 Å². The third kappa shape index (κ3) is 4.60. The third-order valence-corrected chi connectivity index (χ3v) is 3.06. The lowest BCUT2D eigenvalue weighted by Crippen LogP contribution is -2.18. The number of benzene rings is 1. The van der Waals surface area contributed by atoms with E-state index in [-0.39, 0.29) is 0 Å². The summed E-state index contributed by atoms with van der Waals surface area (Å²) in [5, 5.41) is 4.22. The van der Waals surface area contributed by atoms with Crippen LogP contribution < -0.4 is 10.1 Å². The first-order valence-electron chi connectivity index (χ1n) is 5.36. The van der Waals surface area contributed by atoms with E-state index in [4.69, 9.17) is 27.9 Å². The van der Waals surface area contributed by atoms with Gasteiger partial charge in [-0.25, -0.2) is 0 Å². The quantitative estimate of drug-likeness (QED) is 0.845. The highest BCUT2D eigenvalue weighted by molar-refractivity contribution is 6.42. The molecule has 2 nitrogen and oxygen atoms in total. The second-order valence-corrected chi connectivity index (χ2v) is 4.69. The van der Waals surface area contributed by atoms with E-state index in [9.17, 15) is 0 Å². The maximum atomic E-state index is 5.88. The van der Waals surface area contributed by atoms with E-state index in [1.807, 2.05) is 13.1 Å². The number of hydrogen-bond acceptors (Lipinski definition) is 2. The summed E-state index contributed by atoms with van der Waals surface area (Å²) in [6, 6.07) is 5.32. The van der Waals surface area contributed by atoms with Gasteiger partial charge in [0, 0.05) is 6.07 Å². The molecule has 1 rings (SSSR count). The summed E-state index contributed by atoms with van der Waals surface area (Å²) < 4.78 is 5.59. The average Bonchev–Trinajstić information content (AvgIpc) is 2.24. The maximum absolute atomic E-state index is 5.88. The molecule has 0 spiro atoms. The molecule has 1 atom stereocenters. The Kier molecular flexibility index (Phi) is 5.96. The van der Waals surface area contributed by atoms with Gasteiger partial charge in [-0.05, 0) is 38.1 Å². The summed E-state index contributed by atoms with van der Waals surface area (Å²) in [6.07, 6.45) is 1.01. The van der Waals surface area contributed by atoms with Gasteiger partial charge < -0.3 is 10.1 Å². The molecule has 0 aromatic heterocycles. The molecule has 1 aromatic carbocycles. The largest absolute Gasteiger partial charge is 0.494 e. The Balaban J connectivity index is 2.34. The van der Waals surface area contributed by atoms with E-state index in [0.29, 0.717) is 22.6 Å². The zero-order chi connectivity index (χ0) is 12.0. The minimum atomic E-state index is 0.530. The van der Waals surface area contributed by atoms with Gasteiger partial charge in [-0.3, -0.25) is 0 Å². The van der Waals surface area contributed by atoms with E-state index in [1.165, 1.54) is 0 Å². The summed E-state index contributed by atoms with van der Waals surface area (Å²) in [4.78, 5) is 0. The monoisotopic (exact) mass is 261 g/mol. The van der Waals surface area contributed by atoms with Gasteiger partial charge in [0.25, 0.3) is 0 Å². The molecular formula is C12H17Cl2NO. The Morgan fingerprint density at radius 1 is 1.31 bits per heavy atom. The zero-order valence-electron chi connectivity index (χ0n) is 9.59. The molecule has 0 saturated heterocycles.